The summed E-state index contributed by atoms with van der Waals surface area (Å²) in [6.07, 6.45) is 0. The molecular formula is C15H17ClN2O4S. The van der Waals surface area contributed by atoms with Crippen LogP contribution in [0.4, 0.5) is 0 Å². The van der Waals surface area contributed by atoms with Gasteiger partial charge in [-0.1, -0.05) is 18.2 Å². The highest BCUT2D eigenvalue weighted by atomic mass is 35.5. The normalized spacial score (nSPS) is 20.5. The van der Waals surface area contributed by atoms with Crippen LogP contribution in [0.5, 0.6) is 11.5 Å². The van der Waals surface area contributed by atoms with Gasteiger partial charge in [0.15, 0.2) is 16.6 Å². The van der Waals surface area contributed by atoms with Crippen molar-refractivity contribution in [3.05, 3.63) is 35.0 Å². The first-order valence-electron chi connectivity index (χ1n) is 6.88. The van der Waals surface area contributed by atoms with Crippen LogP contribution < -0.4 is 15.4 Å². The maximum Gasteiger partial charge on any atom is 0.317 e. The number of carbonyl (C=O) groups excluding carboxylic acids is 1. The Morgan fingerprint density at radius 2 is 2.22 bits per heavy atom. The van der Waals surface area contributed by atoms with E-state index in [-0.39, 0.29) is 23.1 Å². The number of hydrogen-bond donors (Lipinski definition) is 3. The van der Waals surface area contributed by atoms with Crippen LogP contribution >= 0.6 is 23.8 Å². The van der Waals surface area contributed by atoms with E-state index in [1.807, 2.05) is 0 Å². The van der Waals surface area contributed by atoms with E-state index in [1.165, 1.54) is 7.11 Å². The molecule has 1 aliphatic rings. The minimum absolute atomic E-state index is 0.110. The maximum absolute atomic E-state index is 12.3. The van der Waals surface area contributed by atoms with Crippen molar-refractivity contribution >= 4 is 34.9 Å². The molecule has 0 aromatic heterocycles. The monoisotopic (exact) mass is 356 g/mol. The van der Waals surface area contributed by atoms with Gasteiger partial charge in [0.2, 0.25) is 0 Å². The Hall–Kier alpha value is -1.99. The van der Waals surface area contributed by atoms with Gasteiger partial charge in [-0.15, -0.1) is 0 Å². The van der Waals surface area contributed by atoms with Crippen LogP contribution in [0, 0.1) is 5.92 Å². The second-order valence-corrected chi connectivity index (χ2v) is 5.70. The minimum Gasteiger partial charge on any atom is -0.503 e. The summed E-state index contributed by atoms with van der Waals surface area (Å²) in [7, 11) is 1.41. The number of phenolic OH excluding ortho intramolecular Hbond substituents is 1. The summed E-state index contributed by atoms with van der Waals surface area (Å²) in [5.74, 6) is -1.10. The Morgan fingerprint density at radius 3 is 2.83 bits per heavy atom. The van der Waals surface area contributed by atoms with Gasteiger partial charge in [-0.2, -0.15) is 0 Å². The van der Waals surface area contributed by atoms with E-state index in [2.05, 4.69) is 17.2 Å². The van der Waals surface area contributed by atoms with Crippen molar-refractivity contribution in [1.29, 1.82) is 0 Å². The lowest BCUT2D eigenvalue weighted by Gasteiger charge is -2.35. The average Bonchev–Trinajstić information content (AvgIpc) is 2.49. The summed E-state index contributed by atoms with van der Waals surface area (Å²) < 4.78 is 10.2. The van der Waals surface area contributed by atoms with Gasteiger partial charge < -0.3 is 25.2 Å². The molecule has 124 valence electrons. The van der Waals surface area contributed by atoms with Crippen molar-refractivity contribution < 1.29 is 19.4 Å². The molecule has 3 N–H and O–H groups in total. The number of rotatable bonds is 4. The topological polar surface area (TPSA) is 79.8 Å². The van der Waals surface area contributed by atoms with E-state index in [0.717, 1.165) is 0 Å². The van der Waals surface area contributed by atoms with Gasteiger partial charge in [0.25, 0.3) is 0 Å². The Morgan fingerprint density at radius 1 is 1.52 bits per heavy atom. The van der Waals surface area contributed by atoms with Crippen LogP contribution in [0.1, 0.15) is 18.5 Å². The number of nitrogens with one attached hydrogen (secondary N) is 2. The van der Waals surface area contributed by atoms with Gasteiger partial charge in [-0.05, 0) is 36.8 Å². The van der Waals surface area contributed by atoms with E-state index in [0.29, 0.717) is 16.4 Å². The Balaban J connectivity index is 2.47. The van der Waals surface area contributed by atoms with Crippen LogP contribution in [0.3, 0.4) is 0 Å². The fourth-order valence-corrected chi connectivity index (χ4v) is 2.88. The summed E-state index contributed by atoms with van der Waals surface area (Å²) in [6, 6.07) is 2.60. The number of benzene rings is 1. The Kier molecular flexibility index (Phi) is 5.33. The SMILES string of the molecule is C=C1NC(=S)NC(c2cc(Cl)c(O)c(OC)c2)C1C(=O)OCC. The van der Waals surface area contributed by atoms with Crippen LogP contribution in [0.15, 0.2) is 24.4 Å². The average molecular weight is 357 g/mol. The van der Waals surface area contributed by atoms with Crippen molar-refractivity contribution in [2.45, 2.75) is 13.0 Å². The molecule has 0 saturated carbocycles. The zero-order valence-electron chi connectivity index (χ0n) is 12.7. The van der Waals surface area contributed by atoms with E-state index >= 15 is 0 Å². The first-order valence-corrected chi connectivity index (χ1v) is 7.67. The number of hydrogen-bond acceptors (Lipinski definition) is 5. The van der Waals surface area contributed by atoms with Gasteiger partial charge in [-0.25, -0.2) is 0 Å². The van der Waals surface area contributed by atoms with Gasteiger partial charge in [0.1, 0.15) is 5.92 Å². The first-order chi connectivity index (χ1) is 10.9. The lowest BCUT2D eigenvalue weighted by atomic mass is 9.89. The number of halogens is 1. The molecule has 0 bridgehead atoms. The molecular weight excluding hydrogens is 340 g/mol. The minimum atomic E-state index is -0.702. The summed E-state index contributed by atoms with van der Waals surface area (Å²) in [6.45, 7) is 5.83. The third-order valence-corrected chi connectivity index (χ3v) is 3.95. The molecule has 1 fully saturated rings. The fraction of sp³-hybridized carbons (Fsp3) is 0.333. The zero-order valence-corrected chi connectivity index (χ0v) is 14.3. The third kappa shape index (κ3) is 3.51. The number of phenols is 1. The predicted molar refractivity (Wildman–Crippen MR) is 90.5 cm³/mol. The third-order valence-electron chi connectivity index (χ3n) is 3.44. The first kappa shape index (κ1) is 17.4. The second-order valence-electron chi connectivity index (χ2n) is 4.88. The molecule has 1 heterocycles. The summed E-state index contributed by atoms with van der Waals surface area (Å²) in [5, 5.41) is 16.2. The second kappa shape index (κ2) is 7.06. The summed E-state index contributed by atoms with van der Waals surface area (Å²) >= 11 is 11.2. The molecule has 2 atom stereocenters. The molecule has 1 saturated heterocycles. The number of esters is 1. The zero-order chi connectivity index (χ0) is 17.1. The molecule has 1 aromatic carbocycles. The lowest BCUT2D eigenvalue weighted by molar-refractivity contribution is -0.147. The van der Waals surface area contributed by atoms with Gasteiger partial charge in [0, 0.05) is 5.70 Å². The van der Waals surface area contributed by atoms with Crippen LogP contribution in [-0.2, 0) is 9.53 Å². The molecule has 23 heavy (non-hydrogen) atoms. The van der Waals surface area contributed by atoms with Gasteiger partial charge in [-0.3, -0.25) is 4.79 Å². The van der Waals surface area contributed by atoms with Gasteiger partial charge in [0.05, 0.1) is 24.8 Å². The smallest absolute Gasteiger partial charge is 0.317 e. The standard InChI is InChI=1S/C15H17ClN2O4S/c1-4-22-14(20)11-7(2)17-15(23)18-12(11)8-5-9(16)13(19)10(6-8)21-3/h5-6,11-12,19H,2,4H2,1,3H3,(H2,17,18,23). The van der Waals surface area contributed by atoms with Gasteiger partial charge >= 0.3 is 5.97 Å². The largest absolute Gasteiger partial charge is 0.503 e. The van der Waals surface area contributed by atoms with Crippen molar-refractivity contribution in [3.63, 3.8) is 0 Å². The Labute approximate surface area is 144 Å². The van der Waals surface area contributed by atoms with Crippen molar-refractivity contribution in [3.8, 4) is 11.5 Å². The molecule has 0 amide bonds. The van der Waals surface area contributed by atoms with Crippen molar-refractivity contribution in [1.82, 2.24) is 10.6 Å². The maximum atomic E-state index is 12.3. The number of ether oxygens (including phenoxy) is 2. The van der Waals surface area contributed by atoms with E-state index in [9.17, 15) is 9.90 Å². The van der Waals surface area contributed by atoms with Crippen molar-refractivity contribution in [2.75, 3.05) is 13.7 Å². The van der Waals surface area contributed by atoms with Crippen LogP contribution in [0.25, 0.3) is 0 Å². The molecule has 1 aromatic rings. The predicted octanol–water partition coefficient (Wildman–Crippen LogP) is 2.27. The summed E-state index contributed by atoms with van der Waals surface area (Å²) in [4.78, 5) is 12.3. The lowest BCUT2D eigenvalue weighted by Crippen LogP contribution is -2.51. The van der Waals surface area contributed by atoms with Crippen molar-refractivity contribution in [2.24, 2.45) is 5.92 Å². The molecule has 2 rings (SSSR count). The van der Waals surface area contributed by atoms with E-state index < -0.39 is 17.9 Å². The van der Waals surface area contributed by atoms with Crippen LogP contribution in [-0.4, -0.2) is 29.9 Å². The molecule has 2 unspecified atom stereocenters. The Bertz CT molecular complexity index is 665. The molecule has 6 nitrogen and oxygen atoms in total. The van der Waals surface area contributed by atoms with Crippen LogP contribution in [0.2, 0.25) is 5.02 Å². The highest BCUT2D eigenvalue weighted by Gasteiger charge is 2.38. The molecule has 1 aliphatic heterocycles. The highest BCUT2D eigenvalue weighted by Crippen LogP contribution is 2.39. The van der Waals surface area contributed by atoms with E-state index in [1.54, 1.807) is 19.1 Å². The molecule has 0 spiro atoms. The quantitative estimate of drug-likeness (QED) is 0.564. The molecule has 8 heteroatoms. The summed E-state index contributed by atoms with van der Waals surface area (Å²) in [5.41, 5.74) is 1.05. The number of aromatic hydroxyl groups is 1. The number of carbonyl (C=O) groups is 1. The number of methoxy groups -OCH3 is 1. The molecule has 0 radical (unpaired) electrons. The molecule has 0 aliphatic carbocycles. The highest BCUT2D eigenvalue weighted by molar-refractivity contribution is 7.80. The van der Waals surface area contributed by atoms with E-state index in [4.69, 9.17) is 33.3 Å². The fourth-order valence-electron chi connectivity index (χ4n) is 2.40. The number of thiocarbonyl (C=S) groups is 1.